The lowest BCUT2D eigenvalue weighted by Gasteiger charge is -2.22. The van der Waals surface area contributed by atoms with Crippen molar-refractivity contribution in [3.63, 3.8) is 0 Å². The van der Waals surface area contributed by atoms with E-state index in [2.05, 4.69) is 4.98 Å². The third-order valence-corrected chi connectivity index (χ3v) is 4.97. The summed E-state index contributed by atoms with van der Waals surface area (Å²) in [6.07, 6.45) is 1.36. The smallest absolute Gasteiger partial charge is 0.303 e. The number of aliphatic carboxylic acids is 1. The normalized spacial score (nSPS) is 28.9. The van der Waals surface area contributed by atoms with Gasteiger partial charge in [-0.25, -0.2) is 8.78 Å². The Morgan fingerprint density at radius 2 is 2.12 bits per heavy atom. The number of hydrogen-bond donors (Lipinski definition) is 1. The van der Waals surface area contributed by atoms with Gasteiger partial charge in [-0.1, -0.05) is 6.07 Å². The van der Waals surface area contributed by atoms with Crippen LogP contribution in [0.25, 0.3) is 0 Å². The molecule has 3 rings (SSSR count). The van der Waals surface area contributed by atoms with Crippen LogP contribution in [-0.4, -0.2) is 45.9 Å². The third kappa shape index (κ3) is 3.55. The van der Waals surface area contributed by atoms with Crippen LogP contribution < -0.4 is 0 Å². The standard InChI is InChI=1S/C17H20F2N2O3/c18-17(19)5-8-21(7-4-11(17)9-15(22)23)16(24)13-10-12(13)14-3-1-2-6-20-14/h1-3,6,11-13H,4-5,7-10H2,(H,22,23)/t11?,12-,13-/m1/s1. The summed E-state index contributed by atoms with van der Waals surface area (Å²) in [5.74, 6) is -5.72. The molecule has 1 saturated heterocycles. The molecule has 2 fully saturated rings. The summed E-state index contributed by atoms with van der Waals surface area (Å²) in [6.45, 7) is 0.172. The van der Waals surface area contributed by atoms with Crippen molar-refractivity contribution in [2.24, 2.45) is 11.8 Å². The molecular weight excluding hydrogens is 318 g/mol. The molecule has 1 aliphatic heterocycles. The molecule has 7 heteroatoms. The fourth-order valence-electron chi connectivity index (χ4n) is 3.43. The van der Waals surface area contributed by atoms with Crippen LogP contribution in [0.1, 0.15) is 37.3 Å². The Bertz CT molecular complexity index is 624. The summed E-state index contributed by atoms with van der Waals surface area (Å²) in [6, 6.07) is 5.55. The van der Waals surface area contributed by atoms with Gasteiger partial charge in [0.05, 0.1) is 6.42 Å². The van der Waals surface area contributed by atoms with Gasteiger partial charge < -0.3 is 10.0 Å². The number of hydrogen-bond acceptors (Lipinski definition) is 3. The topological polar surface area (TPSA) is 70.5 Å². The number of pyridine rings is 1. The average molecular weight is 338 g/mol. The van der Waals surface area contributed by atoms with Gasteiger partial charge >= 0.3 is 5.97 Å². The Balaban J connectivity index is 1.62. The van der Waals surface area contributed by atoms with Crippen LogP contribution in [-0.2, 0) is 9.59 Å². The molecule has 1 N–H and O–H groups in total. The number of alkyl halides is 2. The number of rotatable bonds is 4. The van der Waals surface area contributed by atoms with E-state index in [1.54, 1.807) is 6.20 Å². The van der Waals surface area contributed by atoms with Gasteiger partial charge in [0.15, 0.2) is 0 Å². The molecule has 3 atom stereocenters. The second-order valence-electron chi connectivity index (χ2n) is 6.62. The quantitative estimate of drug-likeness (QED) is 0.916. The van der Waals surface area contributed by atoms with E-state index in [0.29, 0.717) is 6.42 Å². The highest BCUT2D eigenvalue weighted by atomic mass is 19.3. The summed E-state index contributed by atoms with van der Waals surface area (Å²) >= 11 is 0. The van der Waals surface area contributed by atoms with E-state index in [9.17, 15) is 18.4 Å². The van der Waals surface area contributed by atoms with Crippen LogP contribution in [0.2, 0.25) is 0 Å². The van der Waals surface area contributed by atoms with Gasteiger partial charge in [-0.2, -0.15) is 0 Å². The lowest BCUT2D eigenvalue weighted by atomic mass is 9.93. The van der Waals surface area contributed by atoms with Crippen molar-refractivity contribution in [2.45, 2.75) is 37.5 Å². The fraction of sp³-hybridized carbons (Fsp3) is 0.588. The highest BCUT2D eigenvalue weighted by Gasteiger charge is 2.49. The Morgan fingerprint density at radius 1 is 1.33 bits per heavy atom. The molecule has 0 bridgehead atoms. The van der Waals surface area contributed by atoms with E-state index in [0.717, 1.165) is 5.69 Å². The number of carbonyl (C=O) groups excluding carboxylic acids is 1. The van der Waals surface area contributed by atoms with Crippen LogP contribution >= 0.6 is 0 Å². The molecule has 1 aromatic rings. The number of aromatic nitrogens is 1. The predicted octanol–water partition coefficient (Wildman–Crippen LogP) is 2.53. The summed E-state index contributed by atoms with van der Waals surface area (Å²) in [5.41, 5.74) is 0.861. The van der Waals surface area contributed by atoms with Gasteiger partial charge in [0, 0.05) is 49.2 Å². The van der Waals surface area contributed by atoms with E-state index in [4.69, 9.17) is 5.11 Å². The summed E-state index contributed by atoms with van der Waals surface area (Å²) in [7, 11) is 0. The Kier molecular flexibility index (Phi) is 4.51. The molecule has 1 aromatic heterocycles. The number of amides is 1. The van der Waals surface area contributed by atoms with Gasteiger partial charge in [-0.05, 0) is 25.0 Å². The maximum absolute atomic E-state index is 14.1. The third-order valence-electron chi connectivity index (χ3n) is 4.97. The maximum Gasteiger partial charge on any atom is 0.303 e. The van der Waals surface area contributed by atoms with E-state index < -0.39 is 30.7 Å². The number of halogens is 2. The molecule has 5 nitrogen and oxygen atoms in total. The summed E-state index contributed by atoms with van der Waals surface area (Å²) in [5, 5.41) is 8.80. The van der Waals surface area contributed by atoms with Crippen molar-refractivity contribution < 1.29 is 23.5 Å². The first-order chi connectivity index (χ1) is 11.4. The predicted molar refractivity (Wildman–Crippen MR) is 81.6 cm³/mol. The van der Waals surface area contributed by atoms with Crippen molar-refractivity contribution in [3.8, 4) is 0 Å². The first-order valence-corrected chi connectivity index (χ1v) is 8.18. The first kappa shape index (κ1) is 16.8. The zero-order chi connectivity index (χ0) is 17.3. The van der Waals surface area contributed by atoms with Gasteiger partial charge in [-0.15, -0.1) is 0 Å². The van der Waals surface area contributed by atoms with Crippen LogP contribution in [0.4, 0.5) is 8.78 Å². The number of nitrogens with zero attached hydrogens (tertiary/aromatic N) is 2. The van der Waals surface area contributed by atoms with Crippen LogP contribution in [0.5, 0.6) is 0 Å². The van der Waals surface area contributed by atoms with Gasteiger partial charge in [0.1, 0.15) is 0 Å². The zero-order valence-electron chi connectivity index (χ0n) is 13.2. The fourth-order valence-corrected chi connectivity index (χ4v) is 3.43. The van der Waals surface area contributed by atoms with Crippen LogP contribution in [0.15, 0.2) is 24.4 Å². The average Bonchev–Trinajstić information content (AvgIpc) is 3.34. The molecule has 0 aromatic carbocycles. The van der Waals surface area contributed by atoms with Gasteiger partial charge in [-0.3, -0.25) is 14.6 Å². The number of likely N-dealkylation sites (tertiary alicyclic amines) is 1. The molecule has 1 amide bonds. The zero-order valence-corrected chi connectivity index (χ0v) is 13.2. The number of carboxylic acids is 1. The molecule has 0 radical (unpaired) electrons. The highest BCUT2D eigenvalue weighted by molar-refractivity contribution is 5.83. The molecule has 1 saturated carbocycles. The first-order valence-electron chi connectivity index (χ1n) is 8.18. The minimum Gasteiger partial charge on any atom is -0.481 e. The molecule has 24 heavy (non-hydrogen) atoms. The summed E-state index contributed by atoms with van der Waals surface area (Å²) in [4.78, 5) is 29.1. The molecule has 2 aliphatic rings. The molecule has 130 valence electrons. The van der Waals surface area contributed by atoms with E-state index in [-0.39, 0.29) is 37.3 Å². The lowest BCUT2D eigenvalue weighted by molar-refractivity contribution is -0.143. The van der Waals surface area contributed by atoms with Crippen molar-refractivity contribution in [1.29, 1.82) is 0 Å². The molecular formula is C17H20F2N2O3. The maximum atomic E-state index is 14.1. The summed E-state index contributed by atoms with van der Waals surface area (Å²) < 4.78 is 28.1. The minimum atomic E-state index is -3.04. The van der Waals surface area contributed by atoms with Crippen molar-refractivity contribution in [2.75, 3.05) is 13.1 Å². The SMILES string of the molecule is O=C(O)CC1CCN(C(=O)[C@@H]2C[C@H]2c2ccccn2)CCC1(F)F. The second kappa shape index (κ2) is 6.45. The van der Waals surface area contributed by atoms with Gasteiger partial charge in [0.25, 0.3) is 5.92 Å². The number of carboxylic acid groups (broad SMARTS) is 1. The number of carbonyl (C=O) groups is 2. The second-order valence-corrected chi connectivity index (χ2v) is 6.62. The highest BCUT2D eigenvalue weighted by Crippen LogP contribution is 2.48. The molecule has 1 unspecified atom stereocenters. The largest absolute Gasteiger partial charge is 0.481 e. The minimum absolute atomic E-state index is 0.0199. The lowest BCUT2D eigenvalue weighted by Crippen LogP contribution is -2.34. The van der Waals surface area contributed by atoms with Crippen molar-refractivity contribution >= 4 is 11.9 Å². The molecule has 2 heterocycles. The Morgan fingerprint density at radius 3 is 2.79 bits per heavy atom. The van der Waals surface area contributed by atoms with Crippen LogP contribution in [0, 0.1) is 11.8 Å². The van der Waals surface area contributed by atoms with Crippen molar-refractivity contribution in [3.05, 3.63) is 30.1 Å². The van der Waals surface area contributed by atoms with E-state index >= 15 is 0 Å². The van der Waals surface area contributed by atoms with Crippen LogP contribution in [0.3, 0.4) is 0 Å². The monoisotopic (exact) mass is 338 g/mol. The Hall–Kier alpha value is -2.05. The van der Waals surface area contributed by atoms with Crippen molar-refractivity contribution in [1.82, 2.24) is 9.88 Å². The Labute approximate surface area is 138 Å². The van der Waals surface area contributed by atoms with Gasteiger partial charge in [0.2, 0.25) is 5.91 Å². The van der Waals surface area contributed by atoms with E-state index in [1.807, 2.05) is 18.2 Å². The van der Waals surface area contributed by atoms with E-state index in [1.165, 1.54) is 4.90 Å². The molecule has 0 spiro atoms. The molecule has 1 aliphatic carbocycles.